The van der Waals surface area contributed by atoms with E-state index >= 15 is 0 Å². The number of hydrogen-bond donors (Lipinski definition) is 1. The number of hydrogen-bond acceptors (Lipinski definition) is 2. The lowest BCUT2D eigenvalue weighted by molar-refractivity contribution is 0.0953. The van der Waals surface area contributed by atoms with Crippen molar-refractivity contribution in [1.29, 1.82) is 0 Å². The van der Waals surface area contributed by atoms with Crippen LogP contribution in [-0.2, 0) is 0 Å². The van der Waals surface area contributed by atoms with Gasteiger partial charge in [-0.3, -0.25) is 0 Å². The highest BCUT2D eigenvalue weighted by molar-refractivity contribution is 5.82. The summed E-state index contributed by atoms with van der Waals surface area (Å²) in [5.74, 6) is -1.08. The lowest BCUT2D eigenvalue weighted by Crippen LogP contribution is -2.54. The minimum absolute atomic E-state index is 0.116. The Bertz CT molecular complexity index is 950. The van der Waals surface area contributed by atoms with Crippen LogP contribution in [-0.4, -0.2) is 54.7 Å². The third-order valence-corrected chi connectivity index (χ3v) is 5.87. The van der Waals surface area contributed by atoms with Gasteiger partial charge in [0.05, 0.1) is 12.1 Å². The first-order chi connectivity index (χ1) is 14.5. The van der Waals surface area contributed by atoms with Gasteiger partial charge in [-0.05, 0) is 42.3 Å². The molecule has 1 saturated heterocycles. The number of urea groups is 1. The fraction of sp³-hybridized carbons (Fsp3) is 0.348. The van der Waals surface area contributed by atoms with Gasteiger partial charge in [0.15, 0.2) is 0 Å². The van der Waals surface area contributed by atoms with Crippen molar-refractivity contribution in [1.82, 2.24) is 15.1 Å². The van der Waals surface area contributed by atoms with Crippen LogP contribution < -0.4 is 5.32 Å². The molecular formula is C23H24F3N3O. The third-order valence-electron chi connectivity index (χ3n) is 5.87. The Labute approximate surface area is 174 Å². The molecule has 0 aromatic heterocycles. The van der Waals surface area contributed by atoms with Gasteiger partial charge in [-0.25, -0.2) is 18.0 Å². The van der Waals surface area contributed by atoms with Crippen molar-refractivity contribution in [2.75, 3.05) is 26.7 Å². The van der Waals surface area contributed by atoms with Crippen molar-refractivity contribution < 1.29 is 18.0 Å². The Morgan fingerprint density at radius 3 is 2.67 bits per heavy atom. The van der Waals surface area contributed by atoms with Crippen LogP contribution in [0.25, 0.3) is 5.57 Å². The summed E-state index contributed by atoms with van der Waals surface area (Å²) in [5.41, 5.74) is 1.53. The molecule has 2 aliphatic rings. The first-order valence-electron chi connectivity index (χ1n) is 10.0. The van der Waals surface area contributed by atoms with Crippen molar-refractivity contribution >= 4 is 11.6 Å². The first-order valence-corrected chi connectivity index (χ1v) is 10.0. The Morgan fingerprint density at radius 2 is 1.93 bits per heavy atom. The van der Waals surface area contributed by atoms with Crippen molar-refractivity contribution in [2.45, 2.75) is 24.7 Å². The lowest BCUT2D eigenvalue weighted by Gasteiger charge is -2.38. The highest BCUT2D eigenvalue weighted by Crippen LogP contribution is 2.36. The quantitative estimate of drug-likeness (QED) is 0.817. The zero-order valence-corrected chi connectivity index (χ0v) is 16.7. The van der Waals surface area contributed by atoms with Crippen molar-refractivity contribution in [3.63, 3.8) is 0 Å². The number of rotatable bonds is 3. The van der Waals surface area contributed by atoms with Crippen LogP contribution >= 0.6 is 0 Å². The van der Waals surface area contributed by atoms with Gasteiger partial charge in [0, 0.05) is 25.7 Å². The molecule has 4 nitrogen and oxygen atoms in total. The van der Waals surface area contributed by atoms with E-state index in [1.165, 1.54) is 4.90 Å². The normalized spacial score (nSPS) is 23.9. The summed E-state index contributed by atoms with van der Waals surface area (Å²) in [6.07, 6.45) is 1.15. The fourth-order valence-electron chi connectivity index (χ4n) is 4.23. The summed E-state index contributed by atoms with van der Waals surface area (Å²) in [6.45, 7) is 0.969. The molecule has 0 radical (unpaired) electrons. The maximum absolute atomic E-state index is 14.4. The van der Waals surface area contributed by atoms with E-state index < -0.39 is 29.9 Å². The van der Waals surface area contributed by atoms with Gasteiger partial charge in [0.1, 0.15) is 17.8 Å². The van der Waals surface area contributed by atoms with Crippen LogP contribution in [0.15, 0.2) is 54.6 Å². The predicted molar refractivity (Wildman–Crippen MR) is 110 cm³/mol. The number of piperidine rings is 1. The third kappa shape index (κ3) is 3.94. The summed E-state index contributed by atoms with van der Waals surface area (Å²) >= 11 is 0. The highest BCUT2D eigenvalue weighted by Gasteiger charge is 2.37. The smallest absolute Gasteiger partial charge is 0.321 e. The number of nitrogens with one attached hydrogen (secondary N) is 1. The molecule has 7 heteroatoms. The Balaban J connectivity index is 1.66. The molecule has 2 heterocycles. The van der Waals surface area contributed by atoms with Crippen LogP contribution in [0.2, 0.25) is 0 Å². The molecule has 3 atom stereocenters. The van der Waals surface area contributed by atoms with Crippen LogP contribution in [0.3, 0.4) is 0 Å². The van der Waals surface area contributed by atoms with Crippen molar-refractivity contribution in [2.24, 2.45) is 0 Å². The predicted octanol–water partition coefficient (Wildman–Crippen LogP) is 4.16. The molecule has 2 amide bonds. The van der Waals surface area contributed by atoms with E-state index in [1.54, 1.807) is 18.0 Å². The van der Waals surface area contributed by atoms with E-state index in [0.717, 1.165) is 23.8 Å². The van der Waals surface area contributed by atoms with Crippen LogP contribution in [0.5, 0.6) is 0 Å². The van der Waals surface area contributed by atoms with Crippen LogP contribution in [0.4, 0.5) is 18.0 Å². The molecule has 0 aliphatic carbocycles. The molecule has 158 valence electrons. The number of nitrogens with zero attached hydrogens (tertiary/aromatic N) is 2. The average molecular weight is 415 g/mol. The number of halogens is 3. The van der Waals surface area contributed by atoms with Gasteiger partial charge in [0.2, 0.25) is 0 Å². The standard InChI is InChI=1S/C23H24F3N3O/c1-28(21-9-10-27-13-20(21)26)23(30)29-14-16(18-12-17(24)7-8-19(18)25)11-22(29)15-5-3-2-4-6-15/h2-8,11-12,20-22,27H,9-10,13-14H2,1H3/t20-,21-,22-/m0/s1. The molecule has 30 heavy (non-hydrogen) atoms. The van der Waals surface area contributed by atoms with E-state index in [2.05, 4.69) is 5.32 Å². The second kappa shape index (κ2) is 8.52. The minimum Gasteiger partial charge on any atom is -0.322 e. The van der Waals surface area contributed by atoms with Gasteiger partial charge in [-0.1, -0.05) is 36.4 Å². The van der Waals surface area contributed by atoms with Gasteiger partial charge >= 0.3 is 6.03 Å². The lowest BCUT2D eigenvalue weighted by atomic mass is 10.0. The van der Waals surface area contributed by atoms with E-state index in [-0.39, 0.29) is 24.7 Å². The topological polar surface area (TPSA) is 35.6 Å². The molecule has 2 aromatic carbocycles. The summed E-state index contributed by atoms with van der Waals surface area (Å²) in [4.78, 5) is 16.4. The molecule has 0 bridgehead atoms. The second-order valence-corrected chi connectivity index (χ2v) is 7.77. The van der Waals surface area contributed by atoms with E-state index in [4.69, 9.17) is 0 Å². The molecular weight excluding hydrogens is 391 g/mol. The number of carbonyl (C=O) groups excluding carboxylic acids is 1. The zero-order valence-electron chi connectivity index (χ0n) is 16.7. The molecule has 0 saturated carbocycles. The number of carbonyl (C=O) groups is 1. The van der Waals surface area contributed by atoms with Gasteiger partial charge in [-0.2, -0.15) is 0 Å². The monoisotopic (exact) mass is 415 g/mol. The molecule has 1 fully saturated rings. The summed E-state index contributed by atoms with van der Waals surface area (Å²) in [6, 6.07) is 11.4. The van der Waals surface area contributed by atoms with Crippen molar-refractivity contribution in [3.8, 4) is 0 Å². The number of alkyl halides is 1. The summed E-state index contributed by atoms with van der Waals surface area (Å²) < 4.78 is 42.6. The number of amides is 2. The molecule has 2 aliphatic heterocycles. The van der Waals surface area contributed by atoms with Crippen LogP contribution in [0.1, 0.15) is 23.6 Å². The van der Waals surface area contributed by atoms with Crippen molar-refractivity contribution in [3.05, 3.63) is 77.4 Å². The van der Waals surface area contributed by atoms with Gasteiger partial charge in [0.25, 0.3) is 0 Å². The number of benzene rings is 2. The first kappa shape index (κ1) is 20.5. The van der Waals surface area contributed by atoms with Gasteiger partial charge in [-0.15, -0.1) is 0 Å². The highest BCUT2D eigenvalue weighted by atomic mass is 19.1. The van der Waals surface area contributed by atoms with Gasteiger partial charge < -0.3 is 15.1 Å². The largest absolute Gasteiger partial charge is 0.322 e. The molecule has 4 rings (SSSR count). The summed E-state index contributed by atoms with van der Waals surface area (Å²) in [7, 11) is 1.60. The fourth-order valence-corrected chi connectivity index (χ4v) is 4.23. The molecule has 0 unspecified atom stereocenters. The second-order valence-electron chi connectivity index (χ2n) is 7.77. The Morgan fingerprint density at radius 1 is 1.17 bits per heavy atom. The Hall–Kier alpha value is -2.80. The Kier molecular flexibility index (Phi) is 5.81. The minimum atomic E-state index is -1.15. The SMILES string of the molecule is CN(C(=O)N1CC(c2cc(F)ccc2F)=C[C@H]1c1ccccc1)[C@H]1CCNC[C@@H]1F. The maximum atomic E-state index is 14.4. The van der Waals surface area contributed by atoms with E-state index in [0.29, 0.717) is 18.5 Å². The molecule has 0 spiro atoms. The zero-order chi connectivity index (χ0) is 21.3. The molecule has 2 aromatic rings. The summed E-state index contributed by atoms with van der Waals surface area (Å²) in [5, 5.41) is 2.99. The van der Waals surface area contributed by atoms with Crippen LogP contribution in [0, 0.1) is 11.6 Å². The average Bonchev–Trinajstić information content (AvgIpc) is 3.20. The van der Waals surface area contributed by atoms with E-state index in [1.807, 2.05) is 30.3 Å². The maximum Gasteiger partial charge on any atom is 0.321 e. The molecule has 1 N–H and O–H groups in total. The van der Waals surface area contributed by atoms with E-state index in [9.17, 15) is 18.0 Å².